The lowest BCUT2D eigenvalue weighted by Crippen LogP contribution is -2.04. The fourth-order valence-electron chi connectivity index (χ4n) is 3.29. The van der Waals surface area contributed by atoms with E-state index in [4.69, 9.17) is 13.9 Å². The van der Waals surface area contributed by atoms with E-state index in [1.54, 1.807) is 31.6 Å². The van der Waals surface area contributed by atoms with Crippen LogP contribution in [0.4, 0.5) is 0 Å². The number of aliphatic hydroxyl groups is 1. The van der Waals surface area contributed by atoms with Crippen molar-refractivity contribution >= 4 is 21.7 Å². The molecule has 0 bridgehead atoms. The van der Waals surface area contributed by atoms with Crippen LogP contribution in [-0.2, 0) is 6.61 Å². The summed E-state index contributed by atoms with van der Waals surface area (Å²) < 4.78 is 17.0. The van der Waals surface area contributed by atoms with E-state index >= 15 is 0 Å². The summed E-state index contributed by atoms with van der Waals surface area (Å²) in [5.41, 5.74) is 1.80. The first-order valence-corrected chi connectivity index (χ1v) is 9.31. The molecule has 0 aliphatic carbocycles. The summed E-state index contributed by atoms with van der Waals surface area (Å²) in [7, 11) is 1.57. The van der Waals surface area contributed by atoms with Gasteiger partial charge in [-0.3, -0.25) is 4.98 Å². The van der Waals surface area contributed by atoms with Crippen molar-refractivity contribution in [1.29, 1.82) is 0 Å². The lowest BCUT2D eigenvalue weighted by atomic mass is 9.98. The van der Waals surface area contributed by atoms with Gasteiger partial charge < -0.3 is 19.0 Å². The number of hydrogen-bond donors (Lipinski definition) is 1. The fraction of sp³-hybridized carbons (Fsp3) is 0.217. The molecule has 4 aromatic rings. The van der Waals surface area contributed by atoms with Gasteiger partial charge in [-0.05, 0) is 23.8 Å². The van der Waals surface area contributed by atoms with Gasteiger partial charge in [0.25, 0.3) is 0 Å². The number of ether oxygens (including phenoxy) is 2. The second-order valence-electron chi connectivity index (χ2n) is 6.93. The second kappa shape index (κ2) is 7.93. The summed E-state index contributed by atoms with van der Waals surface area (Å²) in [6.45, 7) is 2.23. The van der Waals surface area contributed by atoms with Crippen LogP contribution in [0.25, 0.3) is 21.7 Å². The van der Waals surface area contributed by atoms with E-state index in [0.717, 1.165) is 21.9 Å². The van der Waals surface area contributed by atoms with Crippen molar-refractivity contribution in [3.05, 3.63) is 76.4 Å². The molecule has 6 nitrogen and oxygen atoms in total. The van der Waals surface area contributed by atoms with Crippen molar-refractivity contribution in [3.63, 3.8) is 0 Å². The molecule has 0 saturated carbocycles. The topological polar surface area (TPSA) is 81.8 Å². The average Bonchev–Trinajstić information content (AvgIpc) is 2.77. The minimum absolute atomic E-state index is 0.00980. The van der Waals surface area contributed by atoms with Crippen LogP contribution in [0.1, 0.15) is 24.0 Å². The zero-order chi connectivity index (χ0) is 20.4. The molecule has 6 heteroatoms. The largest absolute Gasteiger partial charge is 0.493 e. The molecule has 29 heavy (non-hydrogen) atoms. The molecule has 0 spiro atoms. The van der Waals surface area contributed by atoms with Crippen LogP contribution in [0.3, 0.4) is 0 Å². The van der Waals surface area contributed by atoms with E-state index in [-0.39, 0.29) is 12.5 Å². The number of aromatic nitrogens is 1. The molecule has 2 aromatic heterocycles. The second-order valence-corrected chi connectivity index (χ2v) is 6.93. The maximum Gasteiger partial charge on any atom is 0.344 e. The third kappa shape index (κ3) is 3.67. The van der Waals surface area contributed by atoms with E-state index in [9.17, 15) is 9.90 Å². The Bertz CT molecular complexity index is 1220. The van der Waals surface area contributed by atoms with Gasteiger partial charge in [0, 0.05) is 47.3 Å². The van der Waals surface area contributed by atoms with Gasteiger partial charge in [-0.25, -0.2) is 4.79 Å². The summed E-state index contributed by atoms with van der Waals surface area (Å²) in [4.78, 5) is 16.7. The summed E-state index contributed by atoms with van der Waals surface area (Å²) in [5.74, 6) is 0.966. The van der Waals surface area contributed by atoms with Gasteiger partial charge in [0.05, 0.1) is 12.5 Å². The summed E-state index contributed by atoms with van der Waals surface area (Å²) >= 11 is 0. The van der Waals surface area contributed by atoms with E-state index in [0.29, 0.717) is 29.1 Å². The molecule has 1 unspecified atom stereocenters. The third-order valence-corrected chi connectivity index (χ3v) is 4.98. The minimum atomic E-state index is -0.428. The number of pyridine rings is 1. The van der Waals surface area contributed by atoms with Gasteiger partial charge in [0.2, 0.25) is 0 Å². The van der Waals surface area contributed by atoms with Crippen LogP contribution >= 0.6 is 0 Å². The van der Waals surface area contributed by atoms with E-state index in [2.05, 4.69) is 4.98 Å². The number of benzene rings is 2. The Morgan fingerprint density at radius 1 is 1.10 bits per heavy atom. The van der Waals surface area contributed by atoms with E-state index in [1.807, 2.05) is 37.3 Å². The number of rotatable bonds is 6. The predicted molar refractivity (Wildman–Crippen MR) is 111 cm³/mol. The molecule has 0 aliphatic heterocycles. The molecule has 148 valence electrons. The molecule has 2 aromatic carbocycles. The van der Waals surface area contributed by atoms with Crippen LogP contribution in [-0.4, -0.2) is 23.8 Å². The van der Waals surface area contributed by atoms with Crippen LogP contribution in [0.15, 0.2) is 64.1 Å². The van der Waals surface area contributed by atoms with Crippen LogP contribution < -0.4 is 15.1 Å². The Balaban J connectivity index is 1.80. The maximum absolute atomic E-state index is 12.6. The number of fused-ring (bicyclic) bond motifs is 3. The Morgan fingerprint density at radius 2 is 1.97 bits per heavy atom. The molecule has 0 aliphatic rings. The molecule has 2 heterocycles. The normalized spacial score (nSPS) is 12.2. The van der Waals surface area contributed by atoms with E-state index < -0.39 is 5.63 Å². The standard InChI is InChI=1S/C23H21NO5/c1-14(12-25)16-5-6-17-18-9-21(27-2)22(28-13-15-4-3-7-24-11-15)10-20(18)29-23(26)19(17)8-16/h3-11,14,25H,12-13H2,1-2H3. The van der Waals surface area contributed by atoms with Crippen molar-refractivity contribution < 1.29 is 19.0 Å². The average molecular weight is 391 g/mol. The lowest BCUT2D eigenvalue weighted by molar-refractivity contribution is 0.273. The van der Waals surface area contributed by atoms with E-state index in [1.165, 1.54) is 0 Å². The Kier molecular flexibility index (Phi) is 5.18. The van der Waals surface area contributed by atoms with Gasteiger partial charge in [-0.15, -0.1) is 0 Å². The van der Waals surface area contributed by atoms with Crippen LogP contribution in [0.2, 0.25) is 0 Å². The molecule has 4 rings (SSSR count). The fourth-order valence-corrected chi connectivity index (χ4v) is 3.29. The van der Waals surface area contributed by atoms with Crippen LogP contribution in [0.5, 0.6) is 11.5 Å². The zero-order valence-corrected chi connectivity index (χ0v) is 16.2. The Morgan fingerprint density at radius 3 is 2.69 bits per heavy atom. The smallest absolute Gasteiger partial charge is 0.344 e. The van der Waals surface area contributed by atoms with Crippen molar-refractivity contribution in [2.24, 2.45) is 0 Å². The molecule has 0 fully saturated rings. The quantitative estimate of drug-likeness (QED) is 0.395. The Hall–Kier alpha value is -3.38. The van der Waals surface area contributed by atoms with Gasteiger partial charge in [0.1, 0.15) is 12.2 Å². The first-order chi connectivity index (χ1) is 14.1. The highest BCUT2D eigenvalue weighted by molar-refractivity contribution is 6.05. The highest BCUT2D eigenvalue weighted by atomic mass is 16.5. The van der Waals surface area contributed by atoms with Crippen molar-refractivity contribution in [2.75, 3.05) is 13.7 Å². The first kappa shape index (κ1) is 19.0. The highest BCUT2D eigenvalue weighted by Gasteiger charge is 2.15. The molecule has 1 atom stereocenters. The molecule has 0 radical (unpaired) electrons. The van der Waals surface area contributed by atoms with Gasteiger partial charge in [-0.2, -0.15) is 0 Å². The lowest BCUT2D eigenvalue weighted by Gasteiger charge is -2.13. The van der Waals surface area contributed by atoms with Crippen molar-refractivity contribution in [2.45, 2.75) is 19.4 Å². The molecule has 0 amide bonds. The van der Waals surface area contributed by atoms with Gasteiger partial charge >= 0.3 is 5.63 Å². The van der Waals surface area contributed by atoms with Crippen molar-refractivity contribution in [1.82, 2.24) is 4.98 Å². The summed E-state index contributed by atoms with van der Waals surface area (Å²) in [6, 6.07) is 12.8. The van der Waals surface area contributed by atoms with Crippen LogP contribution in [0, 0.1) is 0 Å². The molecule has 0 saturated heterocycles. The number of aliphatic hydroxyl groups excluding tert-OH is 1. The van der Waals surface area contributed by atoms with Gasteiger partial charge in [0.15, 0.2) is 11.5 Å². The number of nitrogens with zero attached hydrogens (tertiary/aromatic N) is 1. The van der Waals surface area contributed by atoms with Gasteiger partial charge in [-0.1, -0.05) is 25.1 Å². The summed E-state index contributed by atoms with van der Waals surface area (Å²) in [5, 5.41) is 11.4. The zero-order valence-electron chi connectivity index (χ0n) is 16.2. The number of hydrogen-bond acceptors (Lipinski definition) is 6. The SMILES string of the molecule is COc1cc2c(cc1OCc1cccnc1)oc(=O)c1cc(C(C)CO)ccc12. The maximum atomic E-state index is 12.6. The first-order valence-electron chi connectivity index (χ1n) is 9.31. The number of methoxy groups -OCH3 is 1. The third-order valence-electron chi connectivity index (χ3n) is 4.98. The minimum Gasteiger partial charge on any atom is -0.493 e. The Labute approximate surface area is 167 Å². The monoisotopic (exact) mass is 391 g/mol. The molecular weight excluding hydrogens is 370 g/mol. The highest BCUT2D eigenvalue weighted by Crippen LogP contribution is 2.36. The molecular formula is C23H21NO5. The van der Waals surface area contributed by atoms with Crippen molar-refractivity contribution in [3.8, 4) is 11.5 Å². The molecule has 1 N–H and O–H groups in total. The summed E-state index contributed by atoms with van der Waals surface area (Å²) in [6.07, 6.45) is 3.43. The predicted octanol–water partition coefficient (Wildman–Crippen LogP) is 4.02.